The Bertz CT molecular complexity index is 728. The summed E-state index contributed by atoms with van der Waals surface area (Å²) in [6, 6.07) is 5.36. The van der Waals surface area contributed by atoms with Crippen LogP contribution >= 0.6 is 11.8 Å². The van der Waals surface area contributed by atoms with Crippen LogP contribution in [0, 0.1) is 13.8 Å². The van der Waals surface area contributed by atoms with E-state index in [1.54, 1.807) is 20.1 Å². The first-order valence-corrected chi connectivity index (χ1v) is 7.24. The van der Waals surface area contributed by atoms with Crippen molar-refractivity contribution in [3.63, 3.8) is 0 Å². The van der Waals surface area contributed by atoms with Crippen molar-refractivity contribution in [1.82, 2.24) is 15.2 Å². The van der Waals surface area contributed by atoms with E-state index in [1.807, 2.05) is 19.1 Å². The lowest BCUT2D eigenvalue weighted by Crippen LogP contribution is -2.15. The number of nitrogens with zero attached hydrogens (tertiary/aromatic N) is 2. The number of aromatic nitrogens is 3. The highest BCUT2D eigenvalue weighted by atomic mass is 32.2. The lowest BCUT2D eigenvalue weighted by atomic mass is 10.1. The van der Waals surface area contributed by atoms with E-state index in [0.29, 0.717) is 22.2 Å². The van der Waals surface area contributed by atoms with Gasteiger partial charge in [-0.1, -0.05) is 17.8 Å². The van der Waals surface area contributed by atoms with E-state index >= 15 is 0 Å². The number of aromatic amines is 1. The number of Topliss-reactive ketones (excluding diaryl/α,β-unsaturated/α-hetero) is 1. The van der Waals surface area contributed by atoms with E-state index < -0.39 is 0 Å². The predicted molar refractivity (Wildman–Crippen MR) is 80.2 cm³/mol. The second-order valence-corrected chi connectivity index (χ2v) is 5.40. The van der Waals surface area contributed by atoms with Crippen LogP contribution in [-0.4, -0.2) is 33.8 Å². The van der Waals surface area contributed by atoms with Gasteiger partial charge in [0.15, 0.2) is 10.9 Å². The summed E-state index contributed by atoms with van der Waals surface area (Å²) in [7, 11) is 1.56. The Labute approximate surface area is 126 Å². The Kier molecular flexibility index (Phi) is 4.74. The fourth-order valence-electron chi connectivity index (χ4n) is 1.68. The van der Waals surface area contributed by atoms with Crippen molar-refractivity contribution in [2.75, 3.05) is 12.9 Å². The second kappa shape index (κ2) is 6.53. The molecule has 21 heavy (non-hydrogen) atoms. The van der Waals surface area contributed by atoms with Crippen molar-refractivity contribution in [2.24, 2.45) is 0 Å². The number of H-pyrrole nitrogens is 1. The standard InChI is InChI=1S/C14H15N3O3S/c1-8-4-5-10(20-3)6-11(8)12(18)7-21-14-15-13(19)9(2)16-17-14/h4-6H,7H2,1-3H3,(H,15,17,19). The number of nitrogens with one attached hydrogen (secondary N) is 1. The number of hydrogen-bond acceptors (Lipinski definition) is 6. The van der Waals surface area contributed by atoms with Crippen LogP contribution in [0.4, 0.5) is 0 Å². The van der Waals surface area contributed by atoms with E-state index in [2.05, 4.69) is 15.2 Å². The molecule has 1 heterocycles. The maximum atomic E-state index is 12.2. The van der Waals surface area contributed by atoms with Gasteiger partial charge in [-0.3, -0.25) is 14.6 Å². The van der Waals surface area contributed by atoms with Crippen LogP contribution in [0.5, 0.6) is 5.75 Å². The van der Waals surface area contributed by atoms with Crippen molar-refractivity contribution in [3.8, 4) is 5.75 Å². The third-order valence-electron chi connectivity index (χ3n) is 2.93. The zero-order valence-electron chi connectivity index (χ0n) is 12.0. The fraction of sp³-hybridized carbons (Fsp3) is 0.286. The molecule has 2 rings (SSSR count). The number of ether oxygens (including phenoxy) is 1. The van der Waals surface area contributed by atoms with Gasteiger partial charge in [0.05, 0.1) is 12.9 Å². The number of carbonyl (C=O) groups excluding carboxylic acids is 1. The molecule has 0 radical (unpaired) electrons. The van der Waals surface area contributed by atoms with Crippen LogP contribution in [0.2, 0.25) is 0 Å². The monoisotopic (exact) mass is 305 g/mol. The van der Waals surface area contributed by atoms with Gasteiger partial charge in [0.1, 0.15) is 11.4 Å². The van der Waals surface area contributed by atoms with Gasteiger partial charge in [-0.25, -0.2) is 0 Å². The molecular formula is C14H15N3O3S. The molecular weight excluding hydrogens is 290 g/mol. The first-order chi connectivity index (χ1) is 10.0. The van der Waals surface area contributed by atoms with Crippen molar-refractivity contribution in [1.29, 1.82) is 0 Å². The Hall–Kier alpha value is -2.15. The molecule has 0 amide bonds. The smallest absolute Gasteiger partial charge is 0.273 e. The lowest BCUT2D eigenvalue weighted by molar-refractivity contribution is 0.102. The summed E-state index contributed by atoms with van der Waals surface area (Å²) in [4.78, 5) is 26.2. The Morgan fingerprint density at radius 1 is 1.33 bits per heavy atom. The first-order valence-electron chi connectivity index (χ1n) is 6.25. The Morgan fingerprint density at radius 2 is 2.10 bits per heavy atom. The summed E-state index contributed by atoms with van der Waals surface area (Å²) < 4.78 is 5.12. The molecule has 0 saturated heterocycles. The summed E-state index contributed by atoms with van der Waals surface area (Å²) >= 11 is 1.15. The largest absolute Gasteiger partial charge is 0.497 e. The van der Waals surface area contributed by atoms with Crippen LogP contribution in [0.15, 0.2) is 28.2 Å². The highest BCUT2D eigenvalue weighted by Gasteiger charge is 2.12. The van der Waals surface area contributed by atoms with Gasteiger partial charge in [-0.05, 0) is 31.5 Å². The van der Waals surface area contributed by atoms with E-state index in [-0.39, 0.29) is 17.1 Å². The van der Waals surface area contributed by atoms with E-state index in [4.69, 9.17) is 4.74 Å². The first kappa shape index (κ1) is 15.2. The Morgan fingerprint density at radius 3 is 2.76 bits per heavy atom. The van der Waals surface area contributed by atoms with E-state index in [9.17, 15) is 9.59 Å². The molecule has 1 aromatic heterocycles. The number of carbonyl (C=O) groups is 1. The van der Waals surface area contributed by atoms with Gasteiger partial charge in [0, 0.05) is 5.56 Å². The number of benzene rings is 1. The SMILES string of the molecule is COc1ccc(C)c(C(=O)CSc2nnc(C)c(=O)[nH]2)c1. The maximum absolute atomic E-state index is 12.2. The van der Waals surface area contributed by atoms with Crippen LogP contribution in [0.1, 0.15) is 21.6 Å². The normalized spacial score (nSPS) is 10.4. The van der Waals surface area contributed by atoms with E-state index in [0.717, 1.165) is 17.3 Å². The summed E-state index contributed by atoms with van der Waals surface area (Å²) in [6.07, 6.45) is 0. The van der Waals surface area contributed by atoms with Crippen LogP contribution in [0.3, 0.4) is 0 Å². The molecule has 110 valence electrons. The molecule has 0 aliphatic carbocycles. The molecule has 0 aliphatic heterocycles. The third kappa shape index (κ3) is 3.69. The summed E-state index contributed by atoms with van der Waals surface area (Å²) in [5.74, 6) is 0.749. The number of aryl methyl sites for hydroxylation is 2. The average Bonchev–Trinajstić information content (AvgIpc) is 2.48. The van der Waals surface area contributed by atoms with Gasteiger partial charge in [0.2, 0.25) is 0 Å². The van der Waals surface area contributed by atoms with Crippen molar-refractivity contribution < 1.29 is 9.53 Å². The quantitative estimate of drug-likeness (QED) is 0.669. The zero-order valence-corrected chi connectivity index (χ0v) is 12.8. The molecule has 0 saturated carbocycles. The molecule has 0 spiro atoms. The number of thioether (sulfide) groups is 1. The maximum Gasteiger partial charge on any atom is 0.273 e. The summed E-state index contributed by atoms with van der Waals surface area (Å²) in [5, 5.41) is 7.90. The molecule has 0 bridgehead atoms. The van der Waals surface area contributed by atoms with Gasteiger partial charge in [-0.15, -0.1) is 10.2 Å². The highest BCUT2D eigenvalue weighted by molar-refractivity contribution is 7.99. The minimum absolute atomic E-state index is 0.0559. The molecule has 7 heteroatoms. The fourth-order valence-corrected chi connectivity index (χ4v) is 2.37. The van der Waals surface area contributed by atoms with Crippen molar-refractivity contribution in [3.05, 3.63) is 45.4 Å². The molecule has 0 unspecified atom stereocenters. The Balaban J connectivity index is 2.11. The van der Waals surface area contributed by atoms with E-state index in [1.165, 1.54) is 0 Å². The van der Waals surface area contributed by atoms with Gasteiger partial charge < -0.3 is 4.74 Å². The summed E-state index contributed by atoms with van der Waals surface area (Å²) in [6.45, 7) is 3.44. The minimum atomic E-state index is -0.294. The molecule has 2 aromatic rings. The number of rotatable bonds is 5. The van der Waals surface area contributed by atoms with Crippen LogP contribution < -0.4 is 10.3 Å². The summed E-state index contributed by atoms with van der Waals surface area (Å²) in [5.41, 5.74) is 1.49. The molecule has 1 aromatic carbocycles. The molecule has 0 fully saturated rings. The number of ketones is 1. The number of hydrogen-bond donors (Lipinski definition) is 1. The van der Waals surface area contributed by atoms with Crippen LogP contribution in [0.25, 0.3) is 0 Å². The minimum Gasteiger partial charge on any atom is -0.497 e. The molecule has 6 nitrogen and oxygen atoms in total. The van der Waals surface area contributed by atoms with Crippen LogP contribution in [-0.2, 0) is 0 Å². The average molecular weight is 305 g/mol. The van der Waals surface area contributed by atoms with Crippen molar-refractivity contribution in [2.45, 2.75) is 19.0 Å². The predicted octanol–water partition coefficient (Wildman–Crippen LogP) is 1.77. The van der Waals surface area contributed by atoms with Gasteiger partial charge in [-0.2, -0.15) is 0 Å². The third-order valence-corrected chi connectivity index (χ3v) is 3.79. The van der Waals surface area contributed by atoms with Gasteiger partial charge in [0.25, 0.3) is 5.56 Å². The zero-order chi connectivity index (χ0) is 15.4. The van der Waals surface area contributed by atoms with Crippen molar-refractivity contribution >= 4 is 17.5 Å². The van der Waals surface area contributed by atoms with Gasteiger partial charge >= 0.3 is 0 Å². The number of methoxy groups -OCH3 is 1. The second-order valence-electron chi connectivity index (χ2n) is 4.44. The molecule has 0 atom stereocenters. The molecule has 0 aliphatic rings. The molecule has 1 N–H and O–H groups in total. The lowest BCUT2D eigenvalue weighted by Gasteiger charge is -2.07. The highest BCUT2D eigenvalue weighted by Crippen LogP contribution is 2.20. The topological polar surface area (TPSA) is 84.9 Å².